The van der Waals surface area contributed by atoms with Gasteiger partial charge in [0.15, 0.2) is 0 Å². The molecule has 148 valence electrons. The normalized spacial score (nSPS) is 16.3. The minimum Gasteiger partial charge on any atom is -0.399 e. The Morgan fingerprint density at radius 2 is 1.79 bits per heavy atom. The Balaban J connectivity index is 0.000000878. The lowest BCUT2D eigenvalue weighted by Crippen LogP contribution is -2.42. The summed E-state index contributed by atoms with van der Waals surface area (Å²) in [5, 5.41) is 4.03. The van der Waals surface area contributed by atoms with E-state index in [4.69, 9.17) is 9.63 Å². The number of primary amides is 1. The smallest absolute Gasteiger partial charge is 0.254 e. The maximum Gasteiger partial charge on any atom is 0.254 e. The number of nitrogens with two attached hydrogens (primary N) is 1. The molecule has 0 aliphatic carbocycles. The molecule has 2 amide bonds. The van der Waals surface area contributed by atoms with Gasteiger partial charge in [-0.25, -0.2) is 0 Å². The highest BCUT2D eigenvalue weighted by Gasteiger charge is 2.39. The largest absolute Gasteiger partial charge is 0.399 e. The molecule has 6 heteroatoms. The molecule has 0 unspecified atom stereocenters. The molecule has 0 radical (unpaired) electrons. The molecule has 1 fully saturated rings. The molecule has 1 saturated heterocycles. The van der Waals surface area contributed by atoms with Crippen LogP contribution >= 0.6 is 0 Å². The molecule has 2 N–H and O–H groups in total. The van der Waals surface area contributed by atoms with Crippen LogP contribution in [-0.2, 0) is 9.63 Å². The molecule has 0 spiro atoms. The van der Waals surface area contributed by atoms with Gasteiger partial charge in [-0.2, -0.15) is 0 Å². The molecular weight excluding hydrogens is 354 g/mol. The van der Waals surface area contributed by atoms with Crippen LogP contribution in [0.4, 0.5) is 0 Å². The van der Waals surface area contributed by atoms with Gasteiger partial charge in [-0.1, -0.05) is 41.6 Å². The average Bonchev–Trinajstić information content (AvgIpc) is 2.97. The fraction of sp³-hybridized carbons (Fsp3) is 0.318. The number of aryl methyl sites for hydroxylation is 1. The summed E-state index contributed by atoms with van der Waals surface area (Å²) in [5.74, 6) is 0.0302. The molecule has 0 saturated carbocycles. The van der Waals surface area contributed by atoms with Gasteiger partial charge >= 0.3 is 0 Å². The third kappa shape index (κ3) is 4.76. The lowest BCUT2D eigenvalue weighted by Gasteiger charge is -2.31. The van der Waals surface area contributed by atoms with Gasteiger partial charge in [0.05, 0.1) is 12.3 Å². The summed E-state index contributed by atoms with van der Waals surface area (Å²) in [5.41, 5.74) is 9.04. The van der Waals surface area contributed by atoms with E-state index in [0.717, 1.165) is 17.7 Å². The molecule has 6 nitrogen and oxygen atoms in total. The second-order valence-corrected chi connectivity index (χ2v) is 7.25. The third-order valence-electron chi connectivity index (χ3n) is 4.76. The second kappa shape index (κ2) is 9.17. The van der Waals surface area contributed by atoms with Gasteiger partial charge in [0, 0.05) is 17.5 Å². The number of nitrogens with zero attached hydrogens (tertiary/aromatic N) is 2. The summed E-state index contributed by atoms with van der Waals surface area (Å²) in [6.07, 6.45) is 0.980. The van der Waals surface area contributed by atoms with Gasteiger partial charge in [-0.05, 0) is 49.6 Å². The summed E-state index contributed by atoms with van der Waals surface area (Å²) in [6.45, 7) is 6.73. The quantitative estimate of drug-likeness (QED) is 0.653. The highest BCUT2D eigenvalue weighted by Crippen LogP contribution is 2.30. The van der Waals surface area contributed by atoms with E-state index in [1.165, 1.54) is 18.2 Å². The van der Waals surface area contributed by atoms with Crippen LogP contribution in [0.1, 0.15) is 36.2 Å². The number of hydrogen-bond donors (Lipinski definition) is 1. The fourth-order valence-corrected chi connectivity index (χ4v) is 3.43. The fourth-order valence-electron chi connectivity index (χ4n) is 3.43. The summed E-state index contributed by atoms with van der Waals surface area (Å²) in [7, 11) is 1.54. The Morgan fingerprint density at radius 1 is 1.18 bits per heavy atom. The standard InChI is InChI=1S/C21H24N2O2.CH3NO/c1-15-7-5-6-8-19(15)16-9-11-17(12-10-16)20(24)23-14-18(22-25-4)13-21(23,2)3;2-1-3/h5-12H,13-14H2,1-4H3;1H,(H2,2,3). The molecule has 1 aliphatic heterocycles. The molecule has 0 aromatic heterocycles. The summed E-state index contributed by atoms with van der Waals surface area (Å²) in [4.78, 5) is 28.3. The molecule has 2 aromatic carbocycles. The number of carbonyl (C=O) groups excluding carboxylic acids is 2. The Hall–Kier alpha value is -3.15. The third-order valence-corrected chi connectivity index (χ3v) is 4.76. The predicted octanol–water partition coefficient (Wildman–Crippen LogP) is 3.39. The van der Waals surface area contributed by atoms with E-state index in [2.05, 4.69) is 43.8 Å². The lowest BCUT2D eigenvalue weighted by atomic mass is 9.98. The van der Waals surface area contributed by atoms with Crippen molar-refractivity contribution in [2.75, 3.05) is 13.7 Å². The molecular formula is C22H27N3O3. The van der Waals surface area contributed by atoms with Crippen molar-refractivity contribution >= 4 is 18.0 Å². The Labute approximate surface area is 166 Å². The van der Waals surface area contributed by atoms with Crippen LogP contribution < -0.4 is 5.73 Å². The van der Waals surface area contributed by atoms with E-state index in [9.17, 15) is 4.79 Å². The molecule has 0 atom stereocenters. The highest BCUT2D eigenvalue weighted by molar-refractivity contribution is 6.01. The van der Waals surface area contributed by atoms with E-state index in [0.29, 0.717) is 12.1 Å². The number of oxime groups is 1. The minimum atomic E-state index is -0.261. The van der Waals surface area contributed by atoms with Gasteiger partial charge in [0.25, 0.3) is 5.91 Å². The first-order valence-corrected chi connectivity index (χ1v) is 9.06. The monoisotopic (exact) mass is 381 g/mol. The number of benzene rings is 2. The van der Waals surface area contributed by atoms with Crippen molar-refractivity contribution in [3.05, 3.63) is 59.7 Å². The topological polar surface area (TPSA) is 85.0 Å². The van der Waals surface area contributed by atoms with Crippen molar-refractivity contribution in [2.24, 2.45) is 10.9 Å². The summed E-state index contributed by atoms with van der Waals surface area (Å²) < 4.78 is 0. The highest BCUT2D eigenvalue weighted by atomic mass is 16.6. The number of rotatable bonds is 3. The number of hydrogen-bond acceptors (Lipinski definition) is 4. The first kappa shape index (κ1) is 21.2. The minimum absolute atomic E-state index is 0.0302. The van der Waals surface area contributed by atoms with Gasteiger partial charge in [0.2, 0.25) is 6.41 Å². The Kier molecular flexibility index (Phi) is 6.93. The van der Waals surface area contributed by atoms with E-state index < -0.39 is 0 Å². The van der Waals surface area contributed by atoms with Crippen molar-refractivity contribution in [3.63, 3.8) is 0 Å². The van der Waals surface area contributed by atoms with Gasteiger partial charge < -0.3 is 15.5 Å². The lowest BCUT2D eigenvalue weighted by molar-refractivity contribution is -0.106. The zero-order valence-corrected chi connectivity index (χ0v) is 16.8. The van der Waals surface area contributed by atoms with Crippen LogP contribution in [0.3, 0.4) is 0 Å². The zero-order chi connectivity index (χ0) is 20.7. The van der Waals surface area contributed by atoms with Crippen molar-refractivity contribution < 1.29 is 14.4 Å². The predicted molar refractivity (Wildman–Crippen MR) is 111 cm³/mol. The molecule has 2 aromatic rings. The van der Waals surface area contributed by atoms with E-state index in [1.54, 1.807) is 0 Å². The van der Waals surface area contributed by atoms with Crippen molar-refractivity contribution in [2.45, 2.75) is 32.7 Å². The van der Waals surface area contributed by atoms with Crippen LogP contribution in [0.2, 0.25) is 0 Å². The first-order valence-electron chi connectivity index (χ1n) is 9.06. The second-order valence-electron chi connectivity index (χ2n) is 7.25. The Morgan fingerprint density at radius 3 is 2.36 bits per heavy atom. The van der Waals surface area contributed by atoms with Crippen molar-refractivity contribution in [1.29, 1.82) is 0 Å². The van der Waals surface area contributed by atoms with Crippen molar-refractivity contribution in [1.82, 2.24) is 4.90 Å². The van der Waals surface area contributed by atoms with E-state index in [-0.39, 0.29) is 17.9 Å². The molecule has 1 heterocycles. The van der Waals surface area contributed by atoms with Gasteiger partial charge in [-0.3, -0.25) is 9.59 Å². The average molecular weight is 381 g/mol. The van der Waals surface area contributed by atoms with Gasteiger partial charge in [-0.15, -0.1) is 0 Å². The van der Waals surface area contributed by atoms with E-state index in [1.807, 2.05) is 41.3 Å². The maximum absolute atomic E-state index is 13.0. The zero-order valence-electron chi connectivity index (χ0n) is 16.8. The van der Waals surface area contributed by atoms with Crippen LogP contribution in [0.25, 0.3) is 11.1 Å². The van der Waals surface area contributed by atoms with Crippen LogP contribution in [0.5, 0.6) is 0 Å². The SMILES string of the molecule is CON=C1CN(C(=O)c2ccc(-c3ccccc3C)cc2)C(C)(C)C1.NC=O. The maximum atomic E-state index is 13.0. The van der Waals surface area contributed by atoms with E-state index >= 15 is 0 Å². The van der Waals surface area contributed by atoms with Crippen molar-refractivity contribution in [3.8, 4) is 11.1 Å². The summed E-state index contributed by atoms with van der Waals surface area (Å²) >= 11 is 0. The number of amides is 2. The number of likely N-dealkylation sites (tertiary alicyclic amines) is 1. The number of carbonyl (C=O) groups is 2. The molecule has 28 heavy (non-hydrogen) atoms. The molecule has 3 rings (SSSR count). The van der Waals surface area contributed by atoms with Crippen LogP contribution in [-0.4, -0.2) is 42.1 Å². The van der Waals surface area contributed by atoms with Gasteiger partial charge in [0.1, 0.15) is 7.11 Å². The summed E-state index contributed by atoms with van der Waals surface area (Å²) in [6, 6.07) is 16.1. The first-order chi connectivity index (χ1) is 13.3. The van der Waals surface area contributed by atoms with Crippen LogP contribution in [0.15, 0.2) is 53.7 Å². The Bertz CT molecular complexity index is 858. The molecule has 1 aliphatic rings. The van der Waals surface area contributed by atoms with Crippen LogP contribution in [0, 0.1) is 6.92 Å². The molecule has 0 bridgehead atoms.